The predicted octanol–water partition coefficient (Wildman–Crippen LogP) is 11.8. The minimum atomic E-state index is 0. The normalized spacial score (nSPS) is 12.6. The van der Waals surface area contributed by atoms with Crippen LogP contribution in [0, 0.1) is 19.1 Å². The van der Waals surface area contributed by atoms with Crippen LogP contribution in [0.3, 0.4) is 0 Å². The van der Waals surface area contributed by atoms with E-state index in [1.54, 1.807) is 0 Å². The third-order valence-corrected chi connectivity index (χ3v) is 9.88. The summed E-state index contributed by atoms with van der Waals surface area (Å²) in [6.07, 6.45) is 9.66. The van der Waals surface area contributed by atoms with E-state index in [2.05, 4.69) is 139 Å². The molecule has 1 aliphatic rings. The summed E-state index contributed by atoms with van der Waals surface area (Å²) in [4.78, 5) is 9.17. The second-order valence-electron chi connectivity index (χ2n) is 13.2. The summed E-state index contributed by atoms with van der Waals surface area (Å²) >= 11 is 0. The van der Waals surface area contributed by atoms with Gasteiger partial charge in [-0.15, -0.1) is 65.2 Å². The number of aryl methyl sites for hydroxylation is 3. The van der Waals surface area contributed by atoms with Gasteiger partial charge in [0.2, 0.25) is 0 Å². The van der Waals surface area contributed by atoms with Crippen LogP contribution in [0.5, 0.6) is 0 Å². The van der Waals surface area contributed by atoms with Crippen molar-refractivity contribution in [2.45, 2.75) is 44.9 Å². The number of hydrogen-bond acceptors (Lipinski definition) is 2. The minimum Gasteiger partial charge on any atom is -0.305 e. The topological polar surface area (TPSA) is 25.8 Å². The zero-order valence-electron chi connectivity index (χ0n) is 28.2. The average Bonchev–Trinajstić information content (AvgIpc) is 3.14. The van der Waals surface area contributed by atoms with E-state index < -0.39 is 0 Å². The maximum absolute atomic E-state index is 4.71. The standard InChI is InChI=1S/C47H38N2.Ir/c1-33-29-35(13-12-34-14-16-40(17-15-34)46-11-4-5-27-48-46)31-43(30-33)45-10-3-2-9-44(45)39-22-24-41(25-23-39)47-32-42(26-28-49-47)38-20-18-37(19-21-38)36-7-6-8-36;/h2-5,9-11,14-16,18-24,26-32,36H,6-8,12-13H2,1H3;/q-2;. The molecule has 247 valence electrons. The van der Waals surface area contributed by atoms with Gasteiger partial charge < -0.3 is 9.97 Å². The van der Waals surface area contributed by atoms with Crippen LogP contribution in [0.4, 0.5) is 0 Å². The molecule has 0 spiro atoms. The Balaban J connectivity index is 0.00000392. The predicted molar refractivity (Wildman–Crippen MR) is 202 cm³/mol. The molecule has 0 aliphatic heterocycles. The Morgan fingerprint density at radius 1 is 0.560 bits per heavy atom. The van der Waals surface area contributed by atoms with E-state index in [0.717, 1.165) is 46.8 Å². The maximum Gasteiger partial charge on any atom is 0.0166 e. The molecule has 3 heteroatoms. The molecule has 50 heavy (non-hydrogen) atoms. The average molecular weight is 823 g/mol. The van der Waals surface area contributed by atoms with Crippen molar-refractivity contribution in [3.05, 3.63) is 180 Å². The SMILES string of the molecule is Cc1cc(CCc2c[c-]c(-c3ccccn3)cc2)cc(-c2ccccc2-c2c[c-]c(-c3cc(-c4ccc(C5CCC5)cc4)ccn3)cc2)c1.[Ir]. The summed E-state index contributed by atoms with van der Waals surface area (Å²) in [5, 5.41) is 0. The number of rotatable bonds is 9. The molecule has 0 atom stereocenters. The minimum absolute atomic E-state index is 0. The van der Waals surface area contributed by atoms with Crippen molar-refractivity contribution in [1.29, 1.82) is 0 Å². The van der Waals surface area contributed by atoms with Gasteiger partial charge in [0.25, 0.3) is 0 Å². The zero-order valence-corrected chi connectivity index (χ0v) is 30.6. The number of aromatic nitrogens is 2. The van der Waals surface area contributed by atoms with E-state index in [1.807, 2.05) is 30.6 Å². The summed E-state index contributed by atoms with van der Waals surface area (Å²) < 4.78 is 0. The number of pyridine rings is 2. The molecule has 0 saturated heterocycles. The van der Waals surface area contributed by atoms with Crippen molar-refractivity contribution in [1.82, 2.24) is 9.97 Å². The van der Waals surface area contributed by atoms with Gasteiger partial charge in [0, 0.05) is 32.5 Å². The Morgan fingerprint density at radius 2 is 1.26 bits per heavy atom. The van der Waals surface area contributed by atoms with Crippen LogP contribution in [0.1, 0.15) is 47.4 Å². The van der Waals surface area contributed by atoms with Gasteiger partial charge in [0.1, 0.15) is 0 Å². The molecule has 1 radical (unpaired) electrons. The van der Waals surface area contributed by atoms with Crippen LogP contribution in [0.25, 0.3) is 55.9 Å². The first-order valence-electron chi connectivity index (χ1n) is 17.4. The zero-order chi connectivity index (χ0) is 33.0. The summed E-state index contributed by atoms with van der Waals surface area (Å²) in [6, 6.07) is 54.9. The summed E-state index contributed by atoms with van der Waals surface area (Å²) in [6.45, 7) is 2.19. The van der Waals surface area contributed by atoms with Gasteiger partial charge in [-0.05, 0) is 89.0 Å². The molecule has 0 unspecified atom stereocenters. The molecule has 2 heterocycles. The van der Waals surface area contributed by atoms with E-state index in [9.17, 15) is 0 Å². The molecule has 8 rings (SSSR count). The Hall–Kier alpha value is -4.95. The second-order valence-corrected chi connectivity index (χ2v) is 13.2. The van der Waals surface area contributed by atoms with Gasteiger partial charge >= 0.3 is 0 Å². The van der Waals surface area contributed by atoms with Crippen molar-refractivity contribution in [3.8, 4) is 55.9 Å². The van der Waals surface area contributed by atoms with Crippen molar-refractivity contribution in [2.75, 3.05) is 0 Å². The van der Waals surface area contributed by atoms with E-state index in [-0.39, 0.29) is 20.1 Å². The first-order chi connectivity index (χ1) is 24.2. The molecule has 2 nitrogen and oxygen atoms in total. The fraction of sp³-hybridized carbons (Fsp3) is 0.149. The molecule has 0 bridgehead atoms. The molecular formula is C47H38IrN2-2. The van der Waals surface area contributed by atoms with E-state index in [1.165, 1.54) is 69.3 Å². The third kappa shape index (κ3) is 7.45. The van der Waals surface area contributed by atoms with Crippen LogP contribution < -0.4 is 0 Å². The van der Waals surface area contributed by atoms with Gasteiger partial charge in [-0.2, -0.15) is 0 Å². The van der Waals surface area contributed by atoms with Gasteiger partial charge in [-0.25, -0.2) is 0 Å². The molecule has 0 N–H and O–H groups in total. The summed E-state index contributed by atoms with van der Waals surface area (Å²) in [7, 11) is 0. The monoisotopic (exact) mass is 823 g/mol. The molecule has 2 aromatic heterocycles. The fourth-order valence-electron chi connectivity index (χ4n) is 6.93. The molecule has 5 aromatic carbocycles. The Morgan fingerprint density at radius 3 is 1.96 bits per heavy atom. The number of hydrogen-bond donors (Lipinski definition) is 0. The summed E-state index contributed by atoms with van der Waals surface area (Å²) in [5.41, 5.74) is 16.5. The maximum atomic E-state index is 4.71. The Bertz CT molecular complexity index is 2180. The fourth-order valence-corrected chi connectivity index (χ4v) is 6.93. The molecule has 0 amide bonds. The second kappa shape index (κ2) is 15.3. The number of nitrogens with zero attached hydrogens (tertiary/aromatic N) is 2. The quantitative estimate of drug-likeness (QED) is 0.136. The smallest absolute Gasteiger partial charge is 0.0166 e. The van der Waals surface area contributed by atoms with Crippen LogP contribution in [0.2, 0.25) is 0 Å². The van der Waals surface area contributed by atoms with Crippen LogP contribution in [-0.2, 0) is 32.9 Å². The van der Waals surface area contributed by atoms with Crippen molar-refractivity contribution in [3.63, 3.8) is 0 Å². The van der Waals surface area contributed by atoms with Crippen molar-refractivity contribution >= 4 is 0 Å². The first kappa shape index (κ1) is 33.5. The van der Waals surface area contributed by atoms with E-state index in [0.29, 0.717) is 0 Å². The molecule has 1 saturated carbocycles. The van der Waals surface area contributed by atoms with Gasteiger partial charge in [0.15, 0.2) is 0 Å². The van der Waals surface area contributed by atoms with Crippen LogP contribution in [-0.4, -0.2) is 9.97 Å². The van der Waals surface area contributed by atoms with E-state index in [4.69, 9.17) is 4.98 Å². The van der Waals surface area contributed by atoms with Crippen molar-refractivity contribution in [2.24, 2.45) is 0 Å². The largest absolute Gasteiger partial charge is 0.305 e. The third-order valence-electron chi connectivity index (χ3n) is 9.88. The Kier molecular flexibility index (Phi) is 10.3. The van der Waals surface area contributed by atoms with Gasteiger partial charge in [-0.3, -0.25) is 0 Å². The van der Waals surface area contributed by atoms with E-state index >= 15 is 0 Å². The Labute approximate surface area is 309 Å². The molecule has 7 aromatic rings. The van der Waals surface area contributed by atoms with Gasteiger partial charge in [0.05, 0.1) is 0 Å². The van der Waals surface area contributed by atoms with Crippen LogP contribution in [0.15, 0.2) is 146 Å². The molecule has 1 aliphatic carbocycles. The molecule has 1 fully saturated rings. The number of benzene rings is 5. The van der Waals surface area contributed by atoms with Gasteiger partial charge in [-0.1, -0.05) is 114 Å². The molecular weight excluding hydrogens is 785 g/mol. The first-order valence-corrected chi connectivity index (χ1v) is 17.4. The van der Waals surface area contributed by atoms with Crippen LogP contribution >= 0.6 is 0 Å². The summed E-state index contributed by atoms with van der Waals surface area (Å²) in [5.74, 6) is 0.750. The van der Waals surface area contributed by atoms with Crippen molar-refractivity contribution < 1.29 is 20.1 Å².